The van der Waals surface area contributed by atoms with Crippen LogP contribution in [0.2, 0.25) is 0 Å². The molecule has 0 aliphatic carbocycles. The van der Waals surface area contributed by atoms with Gasteiger partial charge in [0.2, 0.25) is 0 Å². The van der Waals surface area contributed by atoms with Crippen LogP contribution in [0, 0.1) is 11.3 Å². The Kier molecular flexibility index (Phi) is 2.48. The summed E-state index contributed by atoms with van der Waals surface area (Å²) in [6.45, 7) is 0. The smallest absolute Gasteiger partial charge is 0.0669 e. The minimum atomic E-state index is 0.457. The molecular weight excluding hydrogens is 262 g/mol. The lowest BCUT2D eigenvalue weighted by Crippen LogP contribution is -1.87. The van der Waals surface area contributed by atoms with Crippen molar-refractivity contribution in [3.63, 3.8) is 0 Å². The maximum atomic E-state index is 9.13. The number of benzene rings is 3. The van der Waals surface area contributed by atoms with E-state index in [-0.39, 0.29) is 0 Å². The molecule has 0 unspecified atom stereocenters. The second-order valence-electron chi connectivity index (χ2n) is 4.91. The van der Waals surface area contributed by atoms with Crippen LogP contribution in [-0.2, 0) is 6.42 Å². The number of hydrogen-bond donors (Lipinski definition) is 0. The van der Waals surface area contributed by atoms with Crippen LogP contribution in [0.25, 0.3) is 31.6 Å². The zero-order chi connectivity index (χ0) is 13.5. The summed E-state index contributed by atoms with van der Waals surface area (Å²) >= 11 is 1.74. The van der Waals surface area contributed by atoms with Crippen molar-refractivity contribution in [3.8, 4) is 6.07 Å². The summed E-state index contributed by atoms with van der Waals surface area (Å²) in [5, 5.41) is 17.5. The van der Waals surface area contributed by atoms with E-state index in [0.29, 0.717) is 6.42 Å². The third-order valence-electron chi connectivity index (χ3n) is 3.81. The summed E-state index contributed by atoms with van der Waals surface area (Å²) in [5.41, 5.74) is 1.13. The molecule has 0 saturated carbocycles. The largest absolute Gasteiger partial charge is 0.198 e. The highest BCUT2D eigenvalue weighted by Gasteiger charge is 2.10. The molecule has 20 heavy (non-hydrogen) atoms. The van der Waals surface area contributed by atoms with Crippen LogP contribution < -0.4 is 0 Å². The van der Waals surface area contributed by atoms with Gasteiger partial charge in [0.1, 0.15) is 0 Å². The van der Waals surface area contributed by atoms with Crippen LogP contribution in [0.15, 0.2) is 53.9 Å². The highest BCUT2D eigenvalue weighted by atomic mass is 32.1. The Hall–Kier alpha value is -2.37. The normalized spacial score (nSPS) is 11.2. The number of thiophene rings is 1. The van der Waals surface area contributed by atoms with Crippen molar-refractivity contribution in [2.75, 3.05) is 0 Å². The summed E-state index contributed by atoms with van der Waals surface area (Å²) in [4.78, 5) is 0. The summed E-state index contributed by atoms with van der Waals surface area (Å²) in [5.74, 6) is 0. The van der Waals surface area contributed by atoms with E-state index in [1.807, 2.05) is 0 Å². The number of fused-ring (bicyclic) bond motifs is 5. The second kappa shape index (κ2) is 4.33. The molecule has 4 rings (SSSR count). The van der Waals surface area contributed by atoms with Crippen LogP contribution in [0.4, 0.5) is 0 Å². The second-order valence-corrected chi connectivity index (χ2v) is 5.86. The Morgan fingerprint density at radius 1 is 0.950 bits per heavy atom. The molecule has 0 spiro atoms. The van der Waals surface area contributed by atoms with Gasteiger partial charge in [-0.3, -0.25) is 0 Å². The first-order valence-electron chi connectivity index (χ1n) is 6.56. The fourth-order valence-corrected chi connectivity index (χ4v) is 3.82. The third-order valence-corrected chi connectivity index (χ3v) is 4.67. The first-order chi connectivity index (χ1) is 9.88. The van der Waals surface area contributed by atoms with Crippen LogP contribution in [0.3, 0.4) is 0 Å². The molecule has 0 atom stereocenters. The van der Waals surface area contributed by atoms with Crippen molar-refractivity contribution in [2.45, 2.75) is 6.42 Å². The zero-order valence-corrected chi connectivity index (χ0v) is 11.6. The van der Waals surface area contributed by atoms with Gasteiger partial charge in [-0.05, 0) is 44.6 Å². The number of hydrogen-bond acceptors (Lipinski definition) is 2. The molecule has 1 heterocycles. The molecular formula is C18H11NS. The van der Waals surface area contributed by atoms with Gasteiger partial charge in [-0.1, -0.05) is 36.4 Å². The number of rotatable bonds is 1. The Morgan fingerprint density at radius 2 is 1.85 bits per heavy atom. The van der Waals surface area contributed by atoms with Crippen molar-refractivity contribution in [1.82, 2.24) is 0 Å². The topological polar surface area (TPSA) is 23.8 Å². The Labute approximate surface area is 120 Å². The molecule has 0 bridgehead atoms. The van der Waals surface area contributed by atoms with E-state index < -0.39 is 0 Å². The van der Waals surface area contributed by atoms with E-state index in [1.54, 1.807) is 11.3 Å². The fourth-order valence-electron chi connectivity index (χ4n) is 2.95. The van der Waals surface area contributed by atoms with Gasteiger partial charge >= 0.3 is 0 Å². The third kappa shape index (κ3) is 1.54. The summed E-state index contributed by atoms with van der Waals surface area (Å²) < 4.78 is 1.26. The summed E-state index contributed by atoms with van der Waals surface area (Å²) in [6.07, 6.45) is 0.457. The summed E-state index contributed by atoms with van der Waals surface area (Å²) in [7, 11) is 0. The molecule has 1 aromatic heterocycles. The molecule has 2 heteroatoms. The molecule has 3 aromatic carbocycles. The number of nitrogens with zero attached hydrogens (tertiary/aromatic N) is 1. The quantitative estimate of drug-likeness (QED) is 0.433. The highest BCUT2D eigenvalue weighted by molar-refractivity contribution is 7.17. The molecule has 0 fully saturated rings. The lowest BCUT2D eigenvalue weighted by atomic mass is 9.94. The van der Waals surface area contributed by atoms with E-state index in [2.05, 4.69) is 60.0 Å². The van der Waals surface area contributed by atoms with Crippen LogP contribution in [-0.4, -0.2) is 0 Å². The molecule has 94 valence electrons. The van der Waals surface area contributed by atoms with Gasteiger partial charge in [0.15, 0.2) is 0 Å². The van der Waals surface area contributed by atoms with E-state index in [4.69, 9.17) is 5.26 Å². The van der Waals surface area contributed by atoms with E-state index in [0.717, 1.165) is 5.56 Å². The van der Waals surface area contributed by atoms with Crippen LogP contribution >= 0.6 is 11.3 Å². The molecule has 1 nitrogen and oxygen atoms in total. The zero-order valence-electron chi connectivity index (χ0n) is 10.8. The molecule has 0 radical (unpaired) electrons. The predicted molar refractivity (Wildman–Crippen MR) is 86.2 cm³/mol. The SMILES string of the molecule is N#CCc1cc2sccc2c2ccc3ccccc3c12. The molecule has 0 amide bonds. The molecule has 0 aliphatic rings. The van der Waals surface area contributed by atoms with Crippen LogP contribution in [0.1, 0.15) is 5.56 Å². The van der Waals surface area contributed by atoms with E-state index in [9.17, 15) is 0 Å². The van der Waals surface area contributed by atoms with Gasteiger partial charge in [0.05, 0.1) is 12.5 Å². The highest BCUT2D eigenvalue weighted by Crippen LogP contribution is 2.36. The van der Waals surface area contributed by atoms with Crippen molar-refractivity contribution in [2.24, 2.45) is 0 Å². The van der Waals surface area contributed by atoms with Gasteiger partial charge in [0.25, 0.3) is 0 Å². The predicted octanol–water partition coefficient (Wildman–Crippen LogP) is 5.27. The lowest BCUT2D eigenvalue weighted by Gasteiger charge is -2.09. The number of nitriles is 1. The Balaban J connectivity index is 2.31. The van der Waals surface area contributed by atoms with Gasteiger partial charge in [-0.15, -0.1) is 11.3 Å². The Bertz CT molecular complexity index is 989. The fraction of sp³-hybridized carbons (Fsp3) is 0.0556. The van der Waals surface area contributed by atoms with Gasteiger partial charge in [-0.25, -0.2) is 0 Å². The molecule has 0 N–H and O–H groups in total. The van der Waals surface area contributed by atoms with Crippen molar-refractivity contribution < 1.29 is 0 Å². The maximum absolute atomic E-state index is 9.13. The first-order valence-corrected chi connectivity index (χ1v) is 7.44. The first kappa shape index (κ1) is 11.5. The van der Waals surface area contributed by atoms with E-state index >= 15 is 0 Å². The van der Waals surface area contributed by atoms with Gasteiger partial charge < -0.3 is 0 Å². The molecule has 4 aromatic rings. The minimum Gasteiger partial charge on any atom is -0.198 e. The minimum absolute atomic E-state index is 0.457. The summed E-state index contributed by atoms with van der Waals surface area (Å²) in [6, 6.07) is 19.4. The maximum Gasteiger partial charge on any atom is 0.0669 e. The van der Waals surface area contributed by atoms with Gasteiger partial charge in [-0.2, -0.15) is 5.26 Å². The monoisotopic (exact) mass is 273 g/mol. The lowest BCUT2D eigenvalue weighted by molar-refractivity contribution is 1.30. The van der Waals surface area contributed by atoms with Crippen molar-refractivity contribution >= 4 is 43.0 Å². The standard InChI is InChI=1S/C18H11NS/c19-9-7-13-11-17-15(8-10-20-17)16-6-5-12-3-1-2-4-14(12)18(13)16/h1-6,8,10-11H,7H2. The average Bonchev–Trinajstić information content (AvgIpc) is 2.95. The molecule has 0 aliphatic heterocycles. The average molecular weight is 273 g/mol. The van der Waals surface area contributed by atoms with Crippen molar-refractivity contribution in [1.29, 1.82) is 5.26 Å². The molecule has 0 saturated heterocycles. The van der Waals surface area contributed by atoms with E-state index in [1.165, 1.54) is 31.6 Å². The van der Waals surface area contributed by atoms with Crippen LogP contribution in [0.5, 0.6) is 0 Å². The van der Waals surface area contributed by atoms with Crippen molar-refractivity contribution in [3.05, 3.63) is 59.5 Å². The Morgan fingerprint density at radius 3 is 2.75 bits per heavy atom. The van der Waals surface area contributed by atoms with Gasteiger partial charge in [0, 0.05) is 10.1 Å².